The van der Waals surface area contributed by atoms with Crippen molar-refractivity contribution < 1.29 is 0 Å². The van der Waals surface area contributed by atoms with Crippen LogP contribution in [0.1, 0.15) is 5.56 Å². The monoisotopic (exact) mass is 344 g/mol. The van der Waals surface area contributed by atoms with Gasteiger partial charge < -0.3 is 5.32 Å². The molecule has 0 aliphatic carbocycles. The molecule has 0 saturated heterocycles. The molecule has 0 unspecified atom stereocenters. The smallest absolute Gasteiger partial charge is 0.188 e. The van der Waals surface area contributed by atoms with Crippen molar-refractivity contribution in [3.05, 3.63) is 77.9 Å². The van der Waals surface area contributed by atoms with Gasteiger partial charge in [-0.05, 0) is 36.2 Å². The Kier molecular flexibility index (Phi) is 4.23. The molecule has 0 fully saturated rings. The molecule has 0 amide bonds. The van der Waals surface area contributed by atoms with Crippen LogP contribution in [0.4, 0.5) is 10.9 Å². The predicted octanol–water partition coefficient (Wildman–Crippen LogP) is 5.32. The van der Waals surface area contributed by atoms with Crippen molar-refractivity contribution in [2.75, 3.05) is 5.32 Å². The highest BCUT2D eigenvalue weighted by Gasteiger charge is 2.12. The standard InChI is InChI=1S/C20H16N4S/c1-14-9-11-21-18(12-14)24-20-23-17(13-25-20)19-16(8-5-10-22-19)15-6-3-2-4-7-15/h2-13H,1H3,(H,21,23,24). The van der Waals surface area contributed by atoms with Crippen LogP contribution in [0.25, 0.3) is 22.5 Å². The largest absolute Gasteiger partial charge is 0.316 e. The third kappa shape index (κ3) is 3.41. The van der Waals surface area contributed by atoms with Gasteiger partial charge in [0.05, 0.1) is 5.69 Å². The van der Waals surface area contributed by atoms with Crippen molar-refractivity contribution in [3.63, 3.8) is 0 Å². The zero-order valence-electron chi connectivity index (χ0n) is 13.7. The third-order valence-electron chi connectivity index (χ3n) is 3.79. The number of benzene rings is 1. The topological polar surface area (TPSA) is 50.7 Å². The summed E-state index contributed by atoms with van der Waals surface area (Å²) in [5.41, 5.74) is 5.11. The normalized spacial score (nSPS) is 10.6. The third-order valence-corrected chi connectivity index (χ3v) is 4.55. The summed E-state index contributed by atoms with van der Waals surface area (Å²) >= 11 is 1.55. The molecule has 0 aliphatic heterocycles. The minimum atomic E-state index is 0.796. The van der Waals surface area contributed by atoms with Gasteiger partial charge in [-0.3, -0.25) is 4.98 Å². The first-order valence-electron chi connectivity index (χ1n) is 7.95. The summed E-state index contributed by atoms with van der Waals surface area (Å²) in [5, 5.41) is 6.09. The Morgan fingerprint density at radius 2 is 1.80 bits per heavy atom. The highest BCUT2D eigenvalue weighted by molar-refractivity contribution is 7.14. The first-order chi connectivity index (χ1) is 12.3. The van der Waals surface area contributed by atoms with Crippen molar-refractivity contribution in [1.29, 1.82) is 0 Å². The van der Waals surface area contributed by atoms with Crippen LogP contribution in [-0.4, -0.2) is 15.0 Å². The van der Waals surface area contributed by atoms with E-state index in [1.807, 2.05) is 48.7 Å². The summed E-state index contributed by atoms with van der Waals surface area (Å²) in [6.07, 6.45) is 3.59. The maximum Gasteiger partial charge on any atom is 0.188 e. The number of aromatic nitrogens is 3. The highest BCUT2D eigenvalue weighted by Crippen LogP contribution is 2.32. The number of nitrogens with one attached hydrogen (secondary N) is 1. The van der Waals surface area contributed by atoms with Gasteiger partial charge in [0, 0.05) is 23.3 Å². The van der Waals surface area contributed by atoms with E-state index in [2.05, 4.69) is 33.5 Å². The molecule has 0 saturated carbocycles. The molecule has 0 spiro atoms. The summed E-state index contributed by atoms with van der Waals surface area (Å²) < 4.78 is 0. The quantitative estimate of drug-likeness (QED) is 0.544. The van der Waals surface area contributed by atoms with Crippen LogP contribution in [0, 0.1) is 6.92 Å². The Bertz CT molecular complexity index is 995. The van der Waals surface area contributed by atoms with Gasteiger partial charge >= 0.3 is 0 Å². The van der Waals surface area contributed by atoms with E-state index in [9.17, 15) is 0 Å². The van der Waals surface area contributed by atoms with Crippen molar-refractivity contribution in [2.45, 2.75) is 6.92 Å². The zero-order chi connectivity index (χ0) is 17.1. The Labute approximate surface area is 150 Å². The number of hydrogen-bond donors (Lipinski definition) is 1. The van der Waals surface area contributed by atoms with Gasteiger partial charge in [0.15, 0.2) is 5.13 Å². The molecule has 0 aliphatic rings. The van der Waals surface area contributed by atoms with Gasteiger partial charge in [-0.25, -0.2) is 9.97 Å². The lowest BCUT2D eigenvalue weighted by atomic mass is 10.0. The van der Waals surface area contributed by atoms with Crippen LogP contribution >= 0.6 is 11.3 Å². The van der Waals surface area contributed by atoms with Crippen LogP contribution in [0.3, 0.4) is 0 Å². The number of anilines is 2. The lowest BCUT2D eigenvalue weighted by Gasteiger charge is -2.06. The van der Waals surface area contributed by atoms with E-state index in [1.165, 1.54) is 0 Å². The summed E-state index contributed by atoms with van der Waals surface area (Å²) in [4.78, 5) is 13.6. The van der Waals surface area contributed by atoms with Crippen LogP contribution in [0.2, 0.25) is 0 Å². The Morgan fingerprint density at radius 1 is 0.920 bits per heavy atom. The summed E-state index contributed by atoms with van der Waals surface area (Å²) in [6.45, 7) is 2.04. The highest BCUT2D eigenvalue weighted by atomic mass is 32.1. The molecule has 5 heteroatoms. The zero-order valence-corrected chi connectivity index (χ0v) is 14.5. The number of pyridine rings is 2. The van der Waals surface area contributed by atoms with E-state index in [0.717, 1.165) is 39.0 Å². The first-order valence-corrected chi connectivity index (χ1v) is 8.83. The molecule has 25 heavy (non-hydrogen) atoms. The average molecular weight is 344 g/mol. The van der Waals surface area contributed by atoms with E-state index < -0.39 is 0 Å². The van der Waals surface area contributed by atoms with Crippen molar-refractivity contribution in [1.82, 2.24) is 15.0 Å². The summed E-state index contributed by atoms with van der Waals surface area (Å²) in [7, 11) is 0. The second-order valence-corrected chi connectivity index (χ2v) is 6.51. The van der Waals surface area contributed by atoms with Crippen LogP contribution < -0.4 is 5.32 Å². The van der Waals surface area contributed by atoms with Gasteiger partial charge in [0.2, 0.25) is 0 Å². The van der Waals surface area contributed by atoms with Gasteiger partial charge in [-0.2, -0.15) is 0 Å². The SMILES string of the molecule is Cc1ccnc(Nc2nc(-c3ncccc3-c3ccccc3)cs2)c1. The second kappa shape index (κ2) is 6.83. The van der Waals surface area contributed by atoms with Gasteiger partial charge in [-0.15, -0.1) is 11.3 Å². The molecule has 4 aromatic rings. The lowest BCUT2D eigenvalue weighted by molar-refractivity contribution is 1.25. The lowest BCUT2D eigenvalue weighted by Crippen LogP contribution is -1.94. The van der Waals surface area contributed by atoms with E-state index in [-0.39, 0.29) is 0 Å². The molecular formula is C20H16N4S. The van der Waals surface area contributed by atoms with Crippen molar-refractivity contribution in [2.24, 2.45) is 0 Å². The molecule has 0 atom stereocenters. The van der Waals surface area contributed by atoms with Crippen LogP contribution in [-0.2, 0) is 0 Å². The fourth-order valence-electron chi connectivity index (χ4n) is 2.61. The van der Waals surface area contributed by atoms with Crippen molar-refractivity contribution >= 4 is 22.3 Å². The molecule has 4 nitrogen and oxygen atoms in total. The summed E-state index contributed by atoms with van der Waals surface area (Å²) in [5.74, 6) is 0.796. The Hall–Kier alpha value is -3.05. The van der Waals surface area contributed by atoms with E-state index in [4.69, 9.17) is 4.98 Å². The molecule has 1 N–H and O–H groups in total. The number of nitrogens with zero attached hydrogens (tertiary/aromatic N) is 3. The number of thiazole rings is 1. The van der Waals surface area contributed by atoms with Gasteiger partial charge in [0.1, 0.15) is 11.5 Å². The minimum absolute atomic E-state index is 0.796. The molecule has 3 heterocycles. The maximum atomic E-state index is 4.70. The second-order valence-electron chi connectivity index (χ2n) is 5.65. The average Bonchev–Trinajstić information content (AvgIpc) is 3.11. The van der Waals surface area contributed by atoms with Gasteiger partial charge in [-0.1, -0.05) is 36.4 Å². The molecule has 0 radical (unpaired) electrons. The fraction of sp³-hybridized carbons (Fsp3) is 0.0500. The summed E-state index contributed by atoms with van der Waals surface area (Å²) in [6, 6.07) is 18.2. The number of aryl methyl sites for hydroxylation is 1. The number of rotatable bonds is 4. The van der Waals surface area contributed by atoms with E-state index in [0.29, 0.717) is 0 Å². The molecule has 122 valence electrons. The van der Waals surface area contributed by atoms with Crippen LogP contribution in [0.5, 0.6) is 0 Å². The van der Waals surface area contributed by atoms with Crippen LogP contribution in [0.15, 0.2) is 72.4 Å². The Balaban J connectivity index is 1.67. The van der Waals surface area contributed by atoms with E-state index >= 15 is 0 Å². The first kappa shape index (κ1) is 15.5. The molecule has 3 aromatic heterocycles. The fourth-order valence-corrected chi connectivity index (χ4v) is 3.32. The maximum absolute atomic E-state index is 4.70. The molecule has 1 aromatic carbocycles. The van der Waals surface area contributed by atoms with Crippen molar-refractivity contribution in [3.8, 4) is 22.5 Å². The van der Waals surface area contributed by atoms with E-state index in [1.54, 1.807) is 23.7 Å². The predicted molar refractivity (Wildman–Crippen MR) is 103 cm³/mol. The molecule has 0 bridgehead atoms. The Morgan fingerprint density at radius 3 is 2.64 bits per heavy atom. The van der Waals surface area contributed by atoms with Gasteiger partial charge in [0.25, 0.3) is 0 Å². The number of hydrogen-bond acceptors (Lipinski definition) is 5. The molecule has 4 rings (SSSR count). The minimum Gasteiger partial charge on any atom is -0.316 e. The molecular weight excluding hydrogens is 328 g/mol.